The molecule has 1 aliphatic heterocycles. The number of hydrogen-bond donors (Lipinski definition) is 1. The van der Waals surface area contributed by atoms with Gasteiger partial charge in [0.2, 0.25) is 0 Å². The Morgan fingerprint density at radius 2 is 1.59 bits per heavy atom. The average Bonchev–Trinajstić information content (AvgIpc) is 2.59. The van der Waals surface area contributed by atoms with Crippen LogP contribution in [0.3, 0.4) is 0 Å². The monoisotopic (exact) mass is 420 g/mol. The number of halogens is 6. The lowest BCUT2D eigenvalue weighted by atomic mass is 10.1. The summed E-state index contributed by atoms with van der Waals surface area (Å²) < 4.78 is 91.3. The Hall–Kier alpha value is -3.37. The van der Waals surface area contributed by atoms with Gasteiger partial charge >= 0.3 is 18.5 Å². The molecule has 5 nitrogen and oxygen atoms in total. The molecular formula is C18H10F6O5. The standard InChI is InChI=1S/C18H10F6O5/c19-17(20,21)10-1-3-11(4-2-10)27-12-5-6-13-9(7-12)8-14(29-16(25)26)15(28-13)18(22,23)24/h1-8,15H,(H,25,26). The second-order valence-electron chi connectivity index (χ2n) is 5.78. The number of fused-ring (bicyclic) bond motifs is 1. The van der Waals surface area contributed by atoms with Crippen LogP contribution in [0.25, 0.3) is 6.08 Å². The van der Waals surface area contributed by atoms with E-state index in [1.54, 1.807) is 0 Å². The van der Waals surface area contributed by atoms with Gasteiger partial charge in [0, 0.05) is 5.56 Å². The molecule has 1 N–H and O–H groups in total. The molecule has 0 amide bonds. The molecule has 29 heavy (non-hydrogen) atoms. The maximum Gasteiger partial charge on any atom is 0.511 e. The highest BCUT2D eigenvalue weighted by atomic mass is 19.4. The van der Waals surface area contributed by atoms with E-state index in [1.807, 2.05) is 0 Å². The fourth-order valence-electron chi connectivity index (χ4n) is 2.48. The van der Waals surface area contributed by atoms with E-state index in [2.05, 4.69) is 4.74 Å². The summed E-state index contributed by atoms with van der Waals surface area (Å²) in [6, 6.07) is 7.40. The van der Waals surface area contributed by atoms with Crippen LogP contribution in [0.4, 0.5) is 31.1 Å². The molecule has 1 atom stereocenters. The molecule has 154 valence electrons. The van der Waals surface area contributed by atoms with Crippen molar-refractivity contribution in [1.82, 2.24) is 0 Å². The normalized spacial score (nSPS) is 16.3. The van der Waals surface area contributed by atoms with Crippen LogP contribution in [-0.4, -0.2) is 23.5 Å². The maximum atomic E-state index is 13.1. The zero-order chi connectivity index (χ0) is 21.4. The topological polar surface area (TPSA) is 65.0 Å². The fraction of sp³-hybridized carbons (Fsp3) is 0.167. The highest BCUT2D eigenvalue weighted by Gasteiger charge is 2.48. The van der Waals surface area contributed by atoms with Crippen LogP contribution in [0.2, 0.25) is 0 Å². The van der Waals surface area contributed by atoms with E-state index >= 15 is 0 Å². The third kappa shape index (κ3) is 4.73. The van der Waals surface area contributed by atoms with Gasteiger partial charge in [-0.3, -0.25) is 0 Å². The summed E-state index contributed by atoms with van der Waals surface area (Å²) >= 11 is 0. The largest absolute Gasteiger partial charge is 0.511 e. The van der Waals surface area contributed by atoms with Gasteiger partial charge in [-0.25, -0.2) is 4.79 Å². The second-order valence-corrected chi connectivity index (χ2v) is 5.78. The van der Waals surface area contributed by atoms with Crippen molar-refractivity contribution in [3.05, 3.63) is 59.4 Å². The Bertz CT molecular complexity index is 947. The van der Waals surface area contributed by atoms with E-state index in [9.17, 15) is 31.1 Å². The van der Waals surface area contributed by atoms with Crippen LogP contribution >= 0.6 is 0 Å². The van der Waals surface area contributed by atoms with E-state index in [0.717, 1.165) is 36.4 Å². The third-order valence-corrected chi connectivity index (χ3v) is 3.70. The van der Waals surface area contributed by atoms with E-state index in [1.165, 1.54) is 12.1 Å². The molecule has 0 spiro atoms. The maximum absolute atomic E-state index is 13.1. The summed E-state index contributed by atoms with van der Waals surface area (Å²) in [6.07, 6.45) is -13.1. The molecule has 0 radical (unpaired) electrons. The van der Waals surface area contributed by atoms with E-state index in [4.69, 9.17) is 14.6 Å². The zero-order valence-electron chi connectivity index (χ0n) is 14.0. The number of benzene rings is 2. The van der Waals surface area contributed by atoms with Gasteiger partial charge in [0.1, 0.15) is 17.2 Å². The number of hydrogen-bond acceptors (Lipinski definition) is 4. The Morgan fingerprint density at radius 3 is 2.14 bits per heavy atom. The number of alkyl halides is 6. The number of carboxylic acid groups (broad SMARTS) is 1. The smallest absolute Gasteiger partial charge is 0.472 e. The van der Waals surface area contributed by atoms with E-state index in [0.29, 0.717) is 0 Å². The van der Waals surface area contributed by atoms with Crippen molar-refractivity contribution in [2.24, 2.45) is 0 Å². The fourth-order valence-corrected chi connectivity index (χ4v) is 2.48. The molecule has 0 saturated carbocycles. The highest BCUT2D eigenvalue weighted by molar-refractivity contribution is 5.67. The molecule has 0 aliphatic carbocycles. The first-order valence-corrected chi connectivity index (χ1v) is 7.78. The van der Waals surface area contributed by atoms with Crippen molar-refractivity contribution >= 4 is 12.2 Å². The van der Waals surface area contributed by atoms with Crippen molar-refractivity contribution in [3.63, 3.8) is 0 Å². The molecule has 1 aliphatic rings. The van der Waals surface area contributed by atoms with Crippen molar-refractivity contribution in [1.29, 1.82) is 0 Å². The molecule has 0 bridgehead atoms. The van der Waals surface area contributed by atoms with Crippen molar-refractivity contribution < 1.29 is 50.5 Å². The summed E-state index contributed by atoms with van der Waals surface area (Å²) in [5.74, 6) is -1.06. The number of rotatable bonds is 3. The summed E-state index contributed by atoms with van der Waals surface area (Å²) in [5, 5.41) is 8.64. The molecule has 0 aromatic heterocycles. The average molecular weight is 420 g/mol. The van der Waals surface area contributed by atoms with Gasteiger partial charge in [-0.15, -0.1) is 0 Å². The van der Waals surface area contributed by atoms with Crippen LogP contribution in [0.1, 0.15) is 11.1 Å². The first kappa shape index (κ1) is 20.4. The van der Waals surface area contributed by atoms with Gasteiger partial charge in [0.05, 0.1) is 5.56 Å². The molecule has 0 saturated heterocycles. The molecule has 2 aromatic rings. The predicted molar refractivity (Wildman–Crippen MR) is 85.5 cm³/mol. The summed E-state index contributed by atoms with van der Waals surface area (Å²) in [6.45, 7) is 0. The molecule has 2 aromatic carbocycles. The Morgan fingerprint density at radius 1 is 0.966 bits per heavy atom. The third-order valence-electron chi connectivity index (χ3n) is 3.70. The Balaban J connectivity index is 1.87. The lowest BCUT2D eigenvalue weighted by Gasteiger charge is -2.27. The SMILES string of the molecule is O=C(O)OC1=Cc2cc(Oc3ccc(C(F)(F)F)cc3)ccc2OC1C(F)(F)F. The van der Waals surface area contributed by atoms with Gasteiger partial charge in [-0.05, 0) is 48.5 Å². The lowest BCUT2D eigenvalue weighted by molar-refractivity contribution is -0.191. The number of ether oxygens (including phenoxy) is 3. The van der Waals surface area contributed by atoms with Gasteiger partial charge in [0.15, 0.2) is 5.76 Å². The van der Waals surface area contributed by atoms with Crippen molar-refractivity contribution in [2.45, 2.75) is 18.5 Å². The Labute approximate surface area is 158 Å². The number of carbonyl (C=O) groups is 1. The quantitative estimate of drug-likeness (QED) is 0.498. The lowest BCUT2D eigenvalue weighted by Crippen LogP contribution is -2.39. The van der Waals surface area contributed by atoms with E-state index < -0.39 is 35.9 Å². The van der Waals surface area contributed by atoms with Gasteiger partial charge in [0.25, 0.3) is 6.10 Å². The van der Waals surface area contributed by atoms with Crippen LogP contribution < -0.4 is 9.47 Å². The van der Waals surface area contributed by atoms with Crippen LogP contribution in [-0.2, 0) is 10.9 Å². The first-order valence-electron chi connectivity index (χ1n) is 7.78. The molecule has 1 unspecified atom stereocenters. The first-order chi connectivity index (χ1) is 13.4. The van der Waals surface area contributed by atoms with Gasteiger partial charge in [-0.2, -0.15) is 26.3 Å². The van der Waals surface area contributed by atoms with Crippen LogP contribution in [0.5, 0.6) is 17.2 Å². The second kappa shape index (κ2) is 7.22. The van der Waals surface area contributed by atoms with Gasteiger partial charge in [-0.1, -0.05) is 0 Å². The summed E-state index contributed by atoms with van der Waals surface area (Å²) in [7, 11) is 0. The molecule has 0 fully saturated rings. The van der Waals surface area contributed by atoms with Crippen molar-refractivity contribution in [2.75, 3.05) is 0 Å². The summed E-state index contributed by atoms with van der Waals surface area (Å²) in [4.78, 5) is 10.7. The molecule has 1 heterocycles. The predicted octanol–water partition coefficient (Wildman–Crippen LogP) is 5.86. The van der Waals surface area contributed by atoms with E-state index in [-0.39, 0.29) is 22.8 Å². The Kier molecular flexibility index (Phi) is 5.07. The van der Waals surface area contributed by atoms with Crippen LogP contribution in [0, 0.1) is 0 Å². The molecular weight excluding hydrogens is 410 g/mol. The zero-order valence-corrected chi connectivity index (χ0v) is 14.0. The minimum Gasteiger partial charge on any atom is -0.472 e. The summed E-state index contributed by atoms with van der Waals surface area (Å²) in [5.41, 5.74) is -0.841. The highest BCUT2D eigenvalue weighted by Crippen LogP contribution is 2.39. The van der Waals surface area contributed by atoms with Crippen molar-refractivity contribution in [3.8, 4) is 17.2 Å². The minimum absolute atomic E-state index is 0.0335. The molecule has 3 rings (SSSR count). The minimum atomic E-state index is -4.92. The van der Waals surface area contributed by atoms with Crippen LogP contribution in [0.15, 0.2) is 48.2 Å². The van der Waals surface area contributed by atoms with Gasteiger partial charge < -0.3 is 19.3 Å². The molecule has 11 heteroatoms.